The normalized spacial score (nSPS) is 10.4. The molecule has 0 saturated heterocycles. The summed E-state index contributed by atoms with van der Waals surface area (Å²) in [5, 5.41) is 16.1. The summed E-state index contributed by atoms with van der Waals surface area (Å²) in [6, 6.07) is 12.8. The molecule has 0 bridgehead atoms. The van der Waals surface area contributed by atoms with Crippen LogP contribution in [-0.4, -0.2) is 15.8 Å². The van der Waals surface area contributed by atoms with E-state index in [1.807, 2.05) is 0 Å². The highest BCUT2D eigenvalue weighted by atomic mass is 35.5. The summed E-state index contributed by atoms with van der Waals surface area (Å²) in [5.74, 6) is -0.322. The second-order valence-corrected chi connectivity index (χ2v) is 6.10. The molecule has 0 aliphatic carbocycles. The van der Waals surface area contributed by atoms with Gasteiger partial charge in [-0.15, -0.1) is 11.3 Å². The first-order valence-corrected chi connectivity index (χ1v) is 8.06. The van der Waals surface area contributed by atoms with E-state index in [0.717, 1.165) is 0 Å². The van der Waals surface area contributed by atoms with Crippen LogP contribution in [0.1, 0.15) is 10.4 Å². The molecule has 8 heteroatoms. The van der Waals surface area contributed by atoms with E-state index in [1.165, 1.54) is 23.5 Å². The van der Waals surface area contributed by atoms with Gasteiger partial charge in [-0.2, -0.15) is 0 Å². The lowest BCUT2D eigenvalue weighted by atomic mass is 10.1. The number of hydrogen-bond acceptors (Lipinski definition) is 5. The molecule has 1 aromatic heterocycles. The van der Waals surface area contributed by atoms with Gasteiger partial charge in [-0.3, -0.25) is 20.2 Å². The molecule has 3 rings (SSSR count). The number of nitrogens with one attached hydrogen (secondary N) is 1. The lowest BCUT2D eigenvalue weighted by molar-refractivity contribution is -0.384. The molecule has 0 fully saturated rings. The Labute approximate surface area is 145 Å². The fourth-order valence-corrected chi connectivity index (χ4v) is 2.95. The monoisotopic (exact) mass is 359 g/mol. The van der Waals surface area contributed by atoms with Crippen LogP contribution in [0, 0.1) is 10.1 Å². The maximum Gasteiger partial charge on any atom is 0.270 e. The number of rotatable bonds is 4. The zero-order chi connectivity index (χ0) is 17.1. The number of anilines is 1. The zero-order valence-corrected chi connectivity index (χ0v) is 13.7. The standard InChI is InChI=1S/C16H10ClN3O3S/c17-12-5-1-4-11(7-12)15(21)19-16-18-14(9-24-16)10-3-2-6-13(8-10)20(22)23/h1-9H,(H,18,19,21). The number of amides is 1. The Morgan fingerprint density at radius 3 is 2.75 bits per heavy atom. The largest absolute Gasteiger partial charge is 0.298 e. The van der Waals surface area contributed by atoms with E-state index in [1.54, 1.807) is 41.8 Å². The predicted molar refractivity (Wildman–Crippen MR) is 93.6 cm³/mol. The fraction of sp³-hybridized carbons (Fsp3) is 0. The molecule has 0 aliphatic heterocycles. The van der Waals surface area contributed by atoms with Gasteiger partial charge in [0, 0.05) is 33.7 Å². The van der Waals surface area contributed by atoms with Crippen LogP contribution in [-0.2, 0) is 0 Å². The maximum absolute atomic E-state index is 12.2. The molecule has 6 nitrogen and oxygen atoms in total. The summed E-state index contributed by atoms with van der Waals surface area (Å²) in [5.41, 5.74) is 1.59. The zero-order valence-electron chi connectivity index (χ0n) is 12.1. The van der Waals surface area contributed by atoms with Crippen molar-refractivity contribution >= 4 is 39.7 Å². The molecule has 1 amide bonds. The summed E-state index contributed by atoms with van der Waals surface area (Å²) in [6.45, 7) is 0. The van der Waals surface area contributed by atoms with Gasteiger partial charge < -0.3 is 0 Å². The summed E-state index contributed by atoms with van der Waals surface area (Å²) < 4.78 is 0. The Morgan fingerprint density at radius 2 is 2.00 bits per heavy atom. The van der Waals surface area contributed by atoms with E-state index in [2.05, 4.69) is 10.3 Å². The third kappa shape index (κ3) is 3.58. The van der Waals surface area contributed by atoms with E-state index >= 15 is 0 Å². The molecule has 120 valence electrons. The van der Waals surface area contributed by atoms with E-state index in [4.69, 9.17) is 11.6 Å². The van der Waals surface area contributed by atoms with Crippen LogP contribution in [0.25, 0.3) is 11.3 Å². The van der Waals surface area contributed by atoms with Crippen LogP contribution in [0.15, 0.2) is 53.9 Å². The number of carbonyl (C=O) groups is 1. The van der Waals surface area contributed by atoms with Crippen molar-refractivity contribution in [3.05, 3.63) is 74.6 Å². The highest BCUT2D eigenvalue weighted by molar-refractivity contribution is 7.14. The number of nitro groups is 1. The van der Waals surface area contributed by atoms with E-state index < -0.39 is 4.92 Å². The molecular formula is C16H10ClN3O3S. The van der Waals surface area contributed by atoms with Crippen molar-refractivity contribution in [1.29, 1.82) is 0 Å². The number of nitrogens with zero attached hydrogens (tertiary/aromatic N) is 2. The van der Waals surface area contributed by atoms with Crippen molar-refractivity contribution < 1.29 is 9.72 Å². The second-order valence-electron chi connectivity index (χ2n) is 4.81. The van der Waals surface area contributed by atoms with E-state index in [0.29, 0.717) is 27.0 Å². The van der Waals surface area contributed by atoms with Crippen molar-refractivity contribution in [3.63, 3.8) is 0 Å². The SMILES string of the molecule is O=C(Nc1nc(-c2cccc([N+](=O)[O-])c2)cs1)c1cccc(Cl)c1. The van der Waals surface area contributed by atoms with Crippen LogP contribution in [0.3, 0.4) is 0 Å². The Morgan fingerprint density at radius 1 is 1.21 bits per heavy atom. The number of carbonyl (C=O) groups excluding carboxylic acids is 1. The number of non-ortho nitro benzene ring substituents is 1. The maximum atomic E-state index is 12.2. The van der Waals surface area contributed by atoms with Crippen molar-refractivity contribution in [1.82, 2.24) is 4.98 Å². The number of nitro benzene ring substituents is 1. The first kappa shape index (κ1) is 16.1. The molecule has 0 atom stereocenters. The number of benzene rings is 2. The average molecular weight is 360 g/mol. The van der Waals surface area contributed by atoms with Gasteiger partial charge in [0.1, 0.15) is 0 Å². The summed E-state index contributed by atoms with van der Waals surface area (Å²) in [7, 11) is 0. The molecule has 1 N–H and O–H groups in total. The van der Waals surface area contributed by atoms with Gasteiger partial charge >= 0.3 is 0 Å². The van der Waals surface area contributed by atoms with Crippen molar-refractivity contribution in [2.75, 3.05) is 5.32 Å². The van der Waals surface area contributed by atoms with Crippen molar-refractivity contribution in [2.24, 2.45) is 0 Å². The Balaban J connectivity index is 1.80. The molecule has 0 unspecified atom stereocenters. The van der Waals surface area contributed by atoms with Crippen LogP contribution < -0.4 is 5.32 Å². The number of thiazole rings is 1. The number of halogens is 1. The van der Waals surface area contributed by atoms with Crippen LogP contribution in [0.4, 0.5) is 10.8 Å². The topological polar surface area (TPSA) is 85.1 Å². The van der Waals surface area contributed by atoms with Crippen LogP contribution in [0.5, 0.6) is 0 Å². The highest BCUT2D eigenvalue weighted by Crippen LogP contribution is 2.27. The molecule has 0 saturated carbocycles. The first-order valence-electron chi connectivity index (χ1n) is 6.80. The second kappa shape index (κ2) is 6.77. The van der Waals surface area contributed by atoms with Gasteiger partial charge in [-0.25, -0.2) is 4.98 Å². The minimum Gasteiger partial charge on any atom is -0.298 e. The number of aromatic nitrogens is 1. The van der Waals surface area contributed by atoms with Gasteiger partial charge in [-0.1, -0.05) is 29.8 Å². The van der Waals surface area contributed by atoms with Gasteiger partial charge in [0.2, 0.25) is 0 Å². The van der Waals surface area contributed by atoms with Gasteiger partial charge in [-0.05, 0) is 18.2 Å². The van der Waals surface area contributed by atoms with Crippen molar-refractivity contribution in [2.45, 2.75) is 0 Å². The summed E-state index contributed by atoms with van der Waals surface area (Å²) >= 11 is 7.11. The smallest absolute Gasteiger partial charge is 0.270 e. The van der Waals surface area contributed by atoms with Gasteiger partial charge in [0.25, 0.3) is 11.6 Å². The molecule has 0 radical (unpaired) electrons. The Kier molecular flexibility index (Phi) is 4.54. The Bertz CT molecular complexity index is 926. The van der Waals surface area contributed by atoms with Gasteiger partial charge in [0.15, 0.2) is 5.13 Å². The fourth-order valence-electron chi connectivity index (χ4n) is 2.04. The molecule has 2 aromatic carbocycles. The third-order valence-corrected chi connectivity index (χ3v) is 4.16. The van der Waals surface area contributed by atoms with E-state index in [9.17, 15) is 14.9 Å². The van der Waals surface area contributed by atoms with Crippen molar-refractivity contribution in [3.8, 4) is 11.3 Å². The first-order chi connectivity index (χ1) is 11.5. The molecule has 24 heavy (non-hydrogen) atoms. The average Bonchev–Trinajstić information content (AvgIpc) is 3.03. The molecule has 0 aliphatic rings. The molecule has 0 spiro atoms. The molecular weight excluding hydrogens is 350 g/mol. The quantitative estimate of drug-likeness (QED) is 0.543. The summed E-state index contributed by atoms with van der Waals surface area (Å²) in [6.07, 6.45) is 0. The van der Waals surface area contributed by atoms with Gasteiger partial charge in [0.05, 0.1) is 10.6 Å². The Hall–Kier alpha value is -2.77. The lowest BCUT2D eigenvalue weighted by Gasteiger charge is -2.02. The number of hydrogen-bond donors (Lipinski definition) is 1. The minimum absolute atomic E-state index is 0.00925. The third-order valence-electron chi connectivity index (χ3n) is 3.16. The minimum atomic E-state index is -0.461. The molecule has 1 heterocycles. The summed E-state index contributed by atoms with van der Waals surface area (Å²) in [4.78, 5) is 26.8. The van der Waals surface area contributed by atoms with E-state index in [-0.39, 0.29) is 11.6 Å². The lowest BCUT2D eigenvalue weighted by Crippen LogP contribution is -2.11. The predicted octanol–water partition coefficient (Wildman–Crippen LogP) is 4.62. The highest BCUT2D eigenvalue weighted by Gasteiger charge is 2.12. The van der Waals surface area contributed by atoms with Crippen LogP contribution >= 0.6 is 22.9 Å². The van der Waals surface area contributed by atoms with Crippen LogP contribution in [0.2, 0.25) is 5.02 Å². The molecule has 3 aromatic rings.